The molecule has 1 saturated carbocycles. The van der Waals surface area contributed by atoms with Crippen LogP contribution in [-0.2, 0) is 0 Å². The molecule has 1 heterocycles. The number of allylic oxidation sites excluding steroid dienone is 1. The highest BCUT2D eigenvalue weighted by Crippen LogP contribution is 2.52. The molecule has 1 heteroatoms. The van der Waals surface area contributed by atoms with Crippen molar-refractivity contribution in [1.29, 1.82) is 0 Å². The van der Waals surface area contributed by atoms with Crippen LogP contribution >= 0.6 is 0 Å². The van der Waals surface area contributed by atoms with Gasteiger partial charge in [0.1, 0.15) is 0 Å². The van der Waals surface area contributed by atoms with Gasteiger partial charge in [-0.15, -0.1) is 0 Å². The Kier molecular flexibility index (Phi) is 0.366. The minimum atomic E-state index is 0.611. The van der Waals surface area contributed by atoms with Crippen molar-refractivity contribution in [3.05, 3.63) is 11.9 Å². The second-order valence-corrected chi connectivity index (χ2v) is 2.76. The lowest BCUT2D eigenvalue weighted by Gasteiger charge is -1.95. The number of nitrogens with one attached hydrogen (secondary N) is 1. The SMILES string of the molecule is CC1(C2=CN2)CC1. The van der Waals surface area contributed by atoms with Crippen molar-refractivity contribution in [2.24, 2.45) is 5.41 Å². The predicted molar refractivity (Wildman–Crippen MR) is 28.6 cm³/mol. The molecular weight excluding hydrogens is 86.1 g/mol. The lowest BCUT2D eigenvalue weighted by molar-refractivity contribution is 0.699. The van der Waals surface area contributed by atoms with Crippen molar-refractivity contribution in [3.8, 4) is 0 Å². The third kappa shape index (κ3) is 0.379. The number of hydrogen-bond acceptors (Lipinski definition) is 1. The standard InChI is InChI=1S/C6H9N/c1-6(2-3-6)5-4-7-5/h4,7H,2-3H2,1H3. The van der Waals surface area contributed by atoms with Gasteiger partial charge in [0, 0.05) is 17.3 Å². The van der Waals surface area contributed by atoms with Crippen molar-refractivity contribution < 1.29 is 0 Å². The molecule has 0 spiro atoms. The molecule has 1 fully saturated rings. The Morgan fingerprint density at radius 3 is 2.43 bits per heavy atom. The van der Waals surface area contributed by atoms with E-state index in [2.05, 4.69) is 18.4 Å². The van der Waals surface area contributed by atoms with Crippen molar-refractivity contribution in [3.63, 3.8) is 0 Å². The van der Waals surface area contributed by atoms with Gasteiger partial charge in [-0.2, -0.15) is 0 Å². The molecule has 2 aliphatic rings. The Morgan fingerprint density at radius 1 is 1.71 bits per heavy atom. The zero-order valence-corrected chi connectivity index (χ0v) is 4.49. The summed E-state index contributed by atoms with van der Waals surface area (Å²) in [4.78, 5) is 0. The molecule has 0 aromatic rings. The Morgan fingerprint density at radius 2 is 2.29 bits per heavy atom. The fraction of sp³-hybridized carbons (Fsp3) is 0.667. The van der Waals surface area contributed by atoms with Gasteiger partial charge < -0.3 is 5.32 Å². The Hall–Kier alpha value is -0.460. The molecule has 1 aliphatic heterocycles. The third-order valence-corrected chi connectivity index (χ3v) is 1.94. The first-order valence-corrected chi connectivity index (χ1v) is 2.78. The molecule has 0 saturated heterocycles. The van der Waals surface area contributed by atoms with Crippen LogP contribution in [0.5, 0.6) is 0 Å². The second-order valence-electron chi connectivity index (χ2n) is 2.76. The molecule has 0 bridgehead atoms. The van der Waals surface area contributed by atoms with Gasteiger partial charge in [0.2, 0.25) is 0 Å². The Labute approximate surface area is 43.4 Å². The summed E-state index contributed by atoms with van der Waals surface area (Å²) in [6.45, 7) is 2.30. The first-order chi connectivity index (χ1) is 3.31. The molecule has 7 heavy (non-hydrogen) atoms. The summed E-state index contributed by atoms with van der Waals surface area (Å²) in [5, 5.41) is 3.13. The summed E-state index contributed by atoms with van der Waals surface area (Å²) < 4.78 is 0. The van der Waals surface area contributed by atoms with E-state index in [1.54, 1.807) is 0 Å². The van der Waals surface area contributed by atoms with E-state index in [9.17, 15) is 0 Å². The van der Waals surface area contributed by atoms with E-state index < -0.39 is 0 Å². The molecule has 0 atom stereocenters. The molecular formula is C6H9N. The number of rotatable bonds is 1. The van der Waals surface area contributed by atoms with Crippen molar-refractivity contribution in [2.75, 3.05) is 0 Å². The maximum atomic E-state index is 3.13. The van der Waals surface area contributed by atoms with Gasteiger partial charge >= 0.3 is 0 Å². The topological polar surface area (TPSA) is 21.9 Å². The molecule has 1 N–H and O–H groups in total. The maximum Gasteiger partial charge on any atom is 0.0369 e. The Balaban J connectivity index is 2.18. The van der Waals surface area contributed by atoms with Gasteiger partial charge in [0.15, 0.2) is 0 Å². The molecule has 0 aromatic carbocycles. The fourth-order valence-corrected chi connectivity index (χ4v) is 0.841. The van der Waals surface area contributed by atoms with Gasteiger partial charge in [-0.1, -0.05) is 6.92 Å². The molecule has 2 rings (SSSR count). The lowest BCUT2D eigenvalue weighted by atomic mass is 10.1. The van der Waals surface area contributed by atoms with E-state index in [-0.39, 0.29) is 0 Å². The van der Waals surface area contributed by atoms with Gasteiger partial charge in [0.25, 0.3) is 0 Å². The van der Waals surface area contributed by atoms with Crippen LogP contribution in [0.1, 0.15) is 19.8 Å². The molecule has 1 nitrogen and oxygen atoms in total. The van der Waals surface area contributed by atoms with Crippen LogP contribution in [-0.4, -0.2) is 0 Å². The minimum absolute atomic E-state index is 0.611. The summed E-state index contributed by atoms with van der Waals surface area (Å²) in [7, 11) is 0. The summed E-state index contributed by atoms with van der Waals surface area (Å²) in [5.41, 5.74) is 2.09. The van der Waals surface area contributed by atoms with Crippen LogP contribution < -0.4 is 5.32 Å². The smallest absolute Gasteiger partial charge is 0.0369 e. The normalized spacial score (nSPS) is 30.7. The summed E-state index contributed by atoms with van der Waals surface area (Å²) in [6.07, 6.45) is 4.89. The quantitative estimate of drug-likeness (QED) is 0.520. The number of hydrogen-bond donors (Lipinski definition) is 1. The monoisotopic (exact) mass is 95.1 g/mol. The average Bonchev–Trinajstić information content (AvgIpc) is 2.14. The third-order valence-electron chi connectivity index (χ3n) is 1.94. The van der Waals surface area contributed by atoms with Gasteiger partial charge in [0.05, 0.1) is 0 Å². The van der Waals surface area contributed by atoms with Crippen LogP contribution in [0.2, 0.25) is 0 Å². The van der Waals surface area contributed by atoms with E-state index in [0.29, 0.717) is 5.41 Å². The van der Waals surface area contributed by atoms with E-state index in [1.807, 2.05) is 0 Å². The molecule has 0 amide bonds. The first-order valence-electron chi connectivity index (χ1n) is 2.78. The van der Waals surface area contributed by atoms with E-state index in [1.165, 1.54) is 18.5 Å². The molecule has 0 radical (unpaired) electrons. The van der Waals surface area contributed by atoms with Crippen molar-refractivity contribution in [1.82, 2.24) is 5.32 Å². The van der Waals surface area contributed by atoms with Gasteiger partial charge in [-0.05, 0) is 12.8 Å². The highest BCUT2D eigenvalue weighted by atomic mass is 15.0. The average molecular weight is 95.1 g/mol. The maximum absolute atomic E-state index is 3.13. The van der Waals surface area contributed by atoms with E-state index in [4.69, 9.17) is 0 Å². The van der Waals surface area contributed by atoms with Crippen LogP contribution in [0, 0.1) is 5.41 Å². The second kappa shape index (κ2) is 0.726. The fourth-order valence-electron chi connectivity index (χ4n) is 0.841. The van der Waals surface area contributed by atoms with Crippen LogP contribution in [0.4, 0.5) is 0 Å². The van der Waals surface area contributed by atoms with Crippen LogP contribution in [0.25, 0.3) is 0 Å². The van der Waals surface area contributed by atoms with Gasteiger partial charge in [-0.3, -0.25) is 0 Å². The zero-order valence-electron chi connectivity index (χ0n) is 4.49. The first kappa shape index (κ1) is 3.53. The molecule has 0 aromatic heterocycles. The summed E-state index contributed by atoms with van der Waals surface area (Å²) in [5.74, 6) is 0. The highest BCUT2D eigenvalue weighted by molar-refractivity contribution is 5.29. The van der Waals surface area contributed by atoms with Crippen LogP contribution in [0.3, 0.4) is 0 Å². The molecule has 1 aliphatic carbocycles. The predicted octanol–water partition coefficient (Wildman–Crippen LogP) is 1.23. The van der Waals surface area contributed by atoms with E-state index >= 15 is 0 Å². The Bertz CT molecular complexity index is 131. The largest absolute Gasteiger partial charge is 0.362 e. The molecule has 0 unspecified atom stereocenters. The zero-order chi connectivity index (χ0) is 4.91. The van der Waals surface area contributed by atoms with Crippen LogP contribution in [0.15, 0.2) is 11.9 Å². The van der Waals surface area contributed by atoms with Crippen molar-refractivity contribution >= 4 is 0 Å². The van der Waals surface area contributed by atoms with Crippen molar-refractivity contribution in [2.45, 2.75) is 19.8 Å². The highest BCUT2D eigenvalue weighted by Gasteiger charge is 2.44. The lowest BCUT2D eigenvalue weighted by Crippen LogP contribution is -1.93. The van der Waals surface area contributed by atoms with E-state index in [0.717, 1.165) is 0 Å². The summed E-state index contributed by atoms with van der Waals surface area (Å²) in [6, 6.07) is 0. The van der Waals surface area contributed by atoms with Gasteiger partial charge in [-0.25, -0.2) is 0 Å². The molecule has 38 valence electrons. The minimum Gasteiger partial charge on any atom is -0.362 e. The summed E-state index contributed by atoms with van der Waals surface area (Å²) >= 11 is 0.